The van der Waals surface area contributed by atoms with E-state index in [1.807, 2.05) is 0 Å². The summed E-state index contributed by atoms with van der Waals surface area (Å²) in [6.45, 7) is 4.35. The normalized spacial score (nSPS) is 19.8. The second kappa shape index (κ2) is 21.3. The van der Waals surface area contributed by atoms with Gasteiger partial charge in [0.25, 0.3) is 0 Å². The van der Waals surface area contributed by atoms with Crippen molar-refractivity contribution in [2.24, 2.45) is 11.8 Å². The molecule has 0 aromatic heterocycles. The first kappa shape index (κ1) is 50.3. The Hall–Kier alpha value is -4.36. The lowest BCUT2D eigenvalue weighted by atomic mass is 9.77. The van der Waals surface area contributed by atoms with Gasteiger partial charge < -0.3 is 9.47 Å². The van der Waals surface area contributed by atoms with Gasteiger partial charge in [0, 0.05) is 12.1 Å². The van der Waals surface area contributed by atoms with Crippen molar-refractivity contribution in [1.29, 1.82) is 0 Å². The summed E-state index contributed by atoms with van der Waals surface area (Å²) >= 11 is 0. The lowest BCUT2D eigenvalue weighted by Crippen LogP contribution is -2.22. The van der Waals surface area contributed by atoms with Gasteiger partial charge >= 0.3 is 24.6 Å². The van der Waals surface area contributed by atoms with Gasteiger partial charge in [-0.2, -0.15) is 43.9 Å². The highest BCUT2D eigenvalue weighted by Gasteiger charge is 2.39. The van der Waals surface area contributed by atoms with Crippen LogP contribution in [0.3, 0.4) is 0 Å². The van der Waals surface area contributed by atoms with Gasteiger partial charge in [-0.05, 0) is 135 Å². The van der Waals surface area contributed by atoms with Gasteiger partial charge in [-0.25, -0.2) is 8.78 Å². The molecule has 0 spiro atoms. The molecule has 0 bridgehead atoms. The predicted molar refractivity (Wildman–Crippen MR) is 215 cm³/mol. The third-order valence-corrected chi connectivity index (χ3v) is 11.8. The third-order valence-electron chi connectivity index (χ3n) is 11.8. The molecule has 14 heteroatoms. The molecule has 2 aliphatic rings. The number of hydrogen-bond acceptors (Lipinski definition) is 2. The monoisotopic (exact) mass is 890 g/mol. The maximum Gasteiger partial charge on any atom is 0.426 e. The van der Waals surface area contributed by atoms with Crippen molar-refractivity contribution in [3.63, 3.8) is 0 Å². The van der Waals surface area contributed by atoms with Crippen molar-refractivity contribution in [1.82, 2.24) is 0 Å². The van der Waals surface area contributed by atoms with Gasteiger partial charge in [-0.1, -0.05) is 77.6 Å². The van der Waals surface area contributed by atoms with E-state index in [4.69, 9.17) is 0 Å². The molecule has 2 nitrogen and oxygen atoms in total. The minimum Gasteiger partial charge on any atom is -0.429 e. The topological polar surface area (TPSA) is 18.5 Å². The van der Waals surface area contributed by atoms with E-state index in [9.17, 15) is 52.7 Å². The SMILES string of the molecule is C.CCCC1CCC(c2ccc(C(F)(F)Oc3ccc(C(F)(F)F)c(F)c3)cc2)CC1.CCCCC1CCC(c2ccc(C(F)(F)Oc3ccc(C(F)(F)F)c(F)c3)cc2)CC1. The van der Waals surface area contributed by atoms with Gasteiger partial charge in [0.2, 0.25) is 0 Å². The highest BCUT2D eigenvalue weighted by atomic mass is 19.4. The number of ether oxygens (including phenoxy) is 2. The minimum absolute atomic E-state index is 0. The molecule has 342 valence electrons. The van der Waals surface area contributed by atoms with E-state index in [1.54, 1.807) is 24.3 Å². The van der Waals surface area contributed by atoms with E-state index in [0.717, 1.165) is 74.3 Å². The van der Waals surface area contributed by atoms with E-state index < -0.39 is 70.0 Å². The van der Waals surface area contributed by atoms with Crippen molar-refractivity contribution >= 4 is 0 Å². The average molecular weight is 891 g/mol. The van der Waals surface area contributed by atoms with Crippen LogP contribution in [0.25, 0.3) is 0 Å². The Bertz CT molecular complexity index is 1980. The van der Waals surface area contributed by atoms with Gasteiger partial charge in [-0.15, -0.1) is 0 Å². The second-order valence-corrected chi connectivity index (χ2v) is 16.1. The van der Waals surface area contributed by atoms with Crippen LogP contribution in [-0.4, -0.2) is 0 Å². The van der Waals surface area contributed by atoms with E-state index >= 15 is 0 Å². The fourth-order valence-electron chi connectivity index (χ4n) is 8.36. The predicted octanol–water partition coefficient (Wildman–Crippen LogP) is 17.1. The minimum atomic E-state index is -4.91. The number of hydrogen-bond donors (Lipinski definition) is 0. The molecule has 0 heterocycles. The molecule has 4 aromatic carbocycles. The molecular weight excluding hydrogens is 837 g/mol. The zero-order chi connectivity index (χ0) is 44.6. The van der Waals surface area contributed by atoms with Crippen LogP contribution in [0.2, 0.25) is 0 Å². The molecule has 2 fully saturated rings. The van der Waals surface area contributed by atoms with Crippen LogP contribution in [-0.2, 0) is 24.6 Å². The summed E-state index contributed by atoms with van der Waals surface area (Å²) in [4.78, 5) is 0. The number of rotatable bonds is 13. The van der Waals surface area contributed by atoms with Crippen molar-refractivity contribution in [3.05, 3.63) is 130 Å². The first-order valence-corrected chi connectivity index (χ1v) is 20.8. The Morgan fingerprint density at radius 2 is 0.823 bits per heavy atom. The van der Waals surface area contributed by atoms with E-state index in [2.05, 4.69) is 23.3 Å². The molecule has 0 radical (unpaired) electrons. The molecule has 4 aromatic rings. The first-order valence-electron chi connectivity index (χ1n) is 20.8. The fourth-order valence-corrected chi connectivity index (χ4v) is 8.36. The number of unbranched alkanes of at least 4 members (excludes halogenated alkanes) is 1. The lowest BCUT2D eigenvalue weighted by Gasteiger charge is -2.29. The van der Waals surface area contributed by atoms with Gasteiger partial charge in [0.15, 0.2) is 0 Å². The summed E-state index contributed by atoms with van der Waals surface area (Å²) < 4.78 is 170. The standard InChI is InChI=1S/C24H26F6O.C23H24F6O.CH4/c1-2-3-4-16-5-7-17(8-6-16)18-9-11-19(12-10-18)24(29,30)31-20-13-14-21(22(25)15-20)23(26,27)28;1-2-3-15-4-6-16(7-5-15)17-8-10-18(11-9-17)23(28,29)30-19-12-13-20(21(24)14-19)22(25,26)27;/h9-17H,2-8H2,1H3;8-16H,2-7H2,1H3;1H4. The smallest absolute Gasteiger partial charge is 0.426 e. The summed E-state index contributed by atoms with van der Waals surface area (Å²) in [5.41, 5.74) is -1.95. The molecule has 0 atom stereocenters. The summed E-state index contributed by atoms with van der Waals surface area (Å²) in [6.07, 6.45) is -2.66. The van der Waals surface area contributed by atoms with E-state index in [-0.39, 0.29) is 7.43 Å². The molecule has 0 N–H and O–H groups in total. The molecule has 6 rings (SSSR count). The zero-order valence-electron chi connectivity index (χ0n) is 33.9. The van der Waals surface area contributed by atoms with Crippen LogP contribution in [0.4, 0.5) is 52.7 Å². The molecule has 0 saturated heterocycles. The van der Waals surface area contributed by atoms with Crippen LogP contribution in [0.1, 0.15) is 150 Å². The molecule has 2 saturated carbocycles. The van der Waals surface area contributed by atoms with Crippen molar-refractivity contribution in [2.45, 2.75) is 141 Å². The van der Waals surface area contributed by atoms with E-state index in [0.29, 0.717) is 48.2 Å². The summed E-state index contributed by atoms with van der Waals surface area (Å²) in [6, 6.07) is 14.4. The quantitative estimate of drug-likeness (QED) is 0.125. The Kier molecular flexibility index (Phi) is 17.3. The van der Waals surface area contributed by atoms with Gasteiger partial charge in [0.05, 0.1) is 22.3 Å². The average Bonchev–Trinajstić information content (AvgIpc) is 3.20. The maximum absolute atomic E-state index is 14.5. The summed E-state index contributed by atoms with van der Waals surface area (Å²) in [5.74, 6) is -2.51. The van der Waals surface area contributed by atoms with Crippen LogP contribution in [0, 0.1) is 23.5 Å². The molecule has 62 heavy (non-hydrogen) atoms. The zero-order valence-corrected chi connectivity index (χ0v) is 33.9. The Morgan fingerprint density at radius 1 is 0.468 bits per heavy atom. The van der Waals surface area contributed by atoms with Gasteiger partial charge in [-0.3, -0.25) is 0 Å². The molecule has 0 unspecified atom stereocenters. The number of benzene rings is 4. The maximum atomic E-state index is 14.5. The van der Waals surface area contributed by atoms with E-state index in [1.165, 1.54) is 56.4 Å². The first-order chi connectivity index (χ1) is 28.7. The van der Waals surface area contributed by atoms with Crippen LogP contribution in [0.5, 0.6) is 11.5 Å². The highest BCUT2D eigenvalue weighted by molar-refractivity contribution is 5.34. The third kappa shape index (κ3) is 13.6. The Labute approximate surface area is 356 Å². The lowest BCUT2D eigenvalue weighted by molar-refractivity contribution is -0.186. The highest BCUT2D eigenvalue weighted by Crippen LogP contribution is 2.42. The molecule has 0 amide bonds. The second-order valence-electron chi connectivity index (χ2n) is 16.1. The van der Waals surface area contributed by atoms with Gasteiger partial charge in [0.1, 0.15) is 23.1 Å². The number of halogens is 12. The van der Waals surface area contributed by atoms with Crippen LogP contribution < -0.4 is 9.47 Å². The molecule has 2 aliphatic carbocycles. The fraction of sp³-hybridized carbons (Fsp3) is 0.500. The van der Waals surface area contributed by atoms with Crippen LogP contribution >= 0.6 is 0 Å². The van der Waals surface area contributed by atoms with Crippen molar-refractivity contribution < 1.29 is 62.2 Å². The molecular formula is C48H54F12O2. The van der Waals surface area contributed by atoms with Crippen molar-refractivity contribution in [2.75, 3.05) is 0 Å². The number of alkyl halides is 10. The van der Waals surface area contributed by atoms with Crippen LogP contribution in [0.15, 0.2) is 84.9 Å². The summed E-state index contributed by atoms with van der Waals surface area (Å²) in [7, 11) is 0. The largest absolute Gasteiger partial charge is 0.429 e. The Morgan fingerprint density at radius 3 is 1.13 bits per heavy atom. The summed E-state index contributed by atoms with van der Waals surface area (Å²) in [5, 5.41) is 0. The molecule has 0 aliphatic heterocycles. The Balaban J connectivity index is 0.000000268. The van der Waals surface area contributed by atoms with Crippen molar-refractivity contribution in [3.8, 4) is 11.5 Å².